The van der Waals surface area contributed by atoms with Gasteiger partial charge in [0.1, 0.15) is 0 Å². The molecule has 90 valence electrons. The molecule has 16 heavy (non-hydrogen) atoms. The molecular weight excluding hydrogens is 198 g/mol. The summed E-state index contributed by atoms with van der Waals surface area (Å²) >= 11 is 0. The van der Waals surface area contributed by atoms with E-state index in [9.17, 15) is 0 Å². The van der Waals surface area contributed by atoms with Gasteiger partial charge in [-0.05, 0) is 47.1 Å². The molecule has 1 aromatic heterocycles. The lowest BCUT2D eigenvalue weighted by Gasteiger charge is -2.25. The number of piperidine rings is 1. The van der Waals surface area contributed by atoms with Gasteiger partial charge in [0.05, 0.1) is 11.7 Å². The molecular formula is C13H23N3. The molecule has 0 spiro atoms. The van der Waals surface area contributed by atoms with Crippen LogP contribution in [0, 0.1) is 6.92 Å². The molecule has 0 radical (unpaired) electrons. The van der Waals surface area contributed by atoms with Gasteiger partial charge in [-0.15, -0.1) is 0 Å². The fourth-order valence-corrected chi connectivity index (χ4v) is 2.56. The zero-order valence-corrected chi connectivity index (χ0v) is 10.9. The minimum absolute atomic E-state index is 0.0804. The third-order valence-corrected chi connectivity index (χ3v) is 3.37. The van der Waals surface area contributed by atoms with E-state index in [1.54, 1.807) is 0 Å². The number of aromatic nitrogens is 2. The fraction of sp³-hybridized carbons (Fsp3) is 0.769. The Morgan fingerprint density at radius 1 is 1.38 bits per heavy atom. The van der Waals surface area contributed by atoms with Crippen LogP contribution in [0.2, 0.25) is 0 Å². The first-order valence-corrected chi connectivity index (χ1v) is 6.28. The number of hydrogen-bond donors (Lipinski definition) is 1. The molecule has 2 heterocycles. The normalized spacial score (nSPS) is 22.4. The third-order valence-electron chi connectivity index (χ3n) is 3.37. The van der Waals surface area contributed by atoms with E-state index in [1.807, 2.05) is 6.20 Å². The molecule has 0 aromatic carbocycles. The van der Waals surface area contributed by atoms with Crippen molar-refractivity contribution >= 4 is 0 Å². The first-order valence-electron chi connectivity index (χ1n) is 6.28. The van der Waals surface area contributed by atoms with Crippen molar-refractivity contribution in [3.8, 4) is 0 Å². The summed E-state index contributed by atoms with van der Waals surface area (Å²) in [7, 11) is 0. The summed E-state index contributed by atoms with van der Waals surface area (Å²) in [6.45, 7) is 9.93. The van der Waals surface area contributed by atoms with Crippen molar-refractivity contribution < 1.29 is 0 Å². The van der Waals surface area contributed by atoms with Crippen LogP contribution in [0.4, 0.5) is 0 Å². The molecule has 2 rings (SSSR count). The van der Waals surface area contributed by atoms with Gasteiger partial charge < -0.3 is 5.32 Å². The maximum atomic E-state index is 4.54. The predicted molar refractivity (Wildman–Crippen MR) is 66.6 cm³/mol. The summed E-state index contributed by atoms with van der Waals surface area (Å²) in [6, 6.07) is 0.518. The summed E-state index contributed by atoms with van der Waals surface area (Å²) in [4.78, 5) is 0. The van der Waals surface area contributed by atoms with E-state index in [0.717, 1.165) is 6.54 Å². The highest BCUT2D eigenvalue weighted by Gasteiger charge is 2.23. The predicted octanol–water partition coefficient (Wildman–Crippen LogP) is 2.76. The molecule has 0 saturated carbocycles. The molecule has 1 unspecified atom stereocenters. The van der Waals surface area contributed by atoms with Gasteiger partial charge in [0, 0.05) is 17.3 Å². The molecule has 0 amide bonds. The highest BCUT2D eigenvalue weighted by atomic mass is 15.3. The van der Waals surface area contributed by atoms with Gasteiger partial charge >= 0.3 is 0 Å². The summed E-state index contributed by atoms with van der Waals surface area (Å²) in [6.07, 6.45) is 5.93. The summed E-state index contributed by atoms with van der Waals surface area (Å²) in [5.41, 5.74) is 2.78. The fourth-order valence-electron chi connectivity index (χ4n) is 2.56. The van der Waals surface area contributed by atoms with Crippen molar-refractivity contribution in [2.24, 2.45) is 0 Å². The smallest absolute Gasteiger partial charge is 0.0546 e. The highest BCUT2D eigenvalue weighted by molar-refractivity contribution is 5.22. The molecule has 1 N–H and O–H groups in total. The van der Waals surface area contributed by atoms with E-state index in [0.29, 0.717) is 6.04 Å². The molecule has 1 atom stereocenters. The van der Waals surface area contributed by atoms with Crippen molar-refractivity contribution in [3.05, 3.63) is 17.5 Å². The monoisotopic (exact) mass is 221 g/mol. The van der Waals surface area contributed by atoms with Gasteiger partial charge in [-0.1, -0.05) is 6.42 Å². The summed E-state index contributed by atoms with van der Waals surface area (Å²) in [5, 5.41) is 8.13. The minimum Gasteiger partial charge on any atom is -0.310 e. The van der Waals surface area contributed by atoms with Crippen molar-refractivity contribution in [1.82, 2.24) is 15.1 Å². The number of nitrogens with one attached hydrogen (secondary N) is 1. The van der Waals surface area contributed by atoms with Crippen LogP contribution in [-0.4, -0.2) is 16.3 Å². The highest BCUT2D eigenvalue weighted by Crippen LogP contribution is 2.27. The Labute approximate surface area is 98.2 Å². The maximum Gasteiger partial charge on any atom is 0.0546 e. The van der Waals surface area contributed by atoms with Gasteiger partial charge in [-0.3, -0.25) is 4.68 Å². The van der Waals surface area contributed by atoms with Gasteiger partial charge in [-0.25, -0.2) is 0 Å². The third kappa shape index (κ3) is 2.14. The van der Waals surface area contributed by atoms with E-state index < -0.39 is 0 Å². The lowest BCUT2D eigenvalue weighted by Crippen LogP contribution is -2.28. The maximum absolute atomic E-state index is 4.54. The van der Waals surface area contributed by atoms with Crippen LogP contribution < -0.4 is 5.32 Å². The van der Waals surface area contributed by atoms with Gasteiger partial charge in [0.2, 0.25) is 0 Å². The summed E-state index contributed by atoms with van der Waals surface area (Å²) in [5.74, 6) is 0. The van der Waals surface area contributed by atoms with Crippen LogP contribution >= 0.6 is 0 Å². The average Bonchev–Trinajstić information content (AvgIpc) is 2.61. The Hall–Kier alpha value is -0.830. The second-order valence-corrected chi connectivity index (χ2v) is 5.77. The van der Waals surface area contributed by atoms with Crippen molar-refractivity contribution in [2.45, 2.75) is 58.5 Å². The molecule has 1 aliphatic heterocycles. The second-order valence-electron chi connectivity index (χ2n) is 5.77. The van der Waals surface area contributed by atoms with Crippen molar-refractivity contribution in [1.29, 1.82) is 0 Å². The topological polar surface area (TPSA) is 29.9 Å². The number of hydrogen-bond acceptors (Lipinski definition) is 2. The SMILES string of the molecule is Cc1c(C2CCCCN2)cnn1C(C)(C)C. The number of nitrogens with zero attached hydrogens (tertiary/aromatic N) is 2. The van der Waals surface area contributed by atoms with E-state index in [1.165, 1.54) is 30.5 Å². The Balaban J connectivity index is 2.25. The van der Waals surface area contributed by atoms with Crippen molar-refractivity contribution in [3.63, 3.8) is 0 Å². The van der Waals surface area contributed by atoms with Crippen molar-refractivity contribution in [2.75, 3.05) is 6.54 Å². The molecule has 3 heteroatoms. The van der Waals surface area contributed by atoms with E-state index in [-0.39, 0.29) is 5.54 Å². The van der Waals surface area contributed by atoms with Gasteiger partial charge in [0.15, 0.2) is 0 Å². The lowest BCUT2D eigenvalue weighted by atomic mass is 9.98. The molecule has 1 aliphatic rings. The molecule has 0 bridgehead atoms. The Morgan fingerprint density at radius 2 is 2.12 bits per heavy atom. The number of rotatable bonds is 1. The van der Waals surface area contributed by atoms with Crippen LogP contribution in [0.3, 0.4) is 0 Å². The van der Waals surface area contributed by atoms with Gasteiger partial charge in [0.25, 0.3) is 0 Å². The van der Waals surface area contributed by atoms with Gasteiger partial charge in [-0.2, -0.15) is 5.10 Å². The second kappa shape index (κ2) is 4.21. The summed E-state index contributed by atoms with van der Waals surface area (Å²) < 4.78 is 2.14. The lowest BCUT2D eigenvalue weighted by molar-refractivity contribution is 0.345. The average molecular weight is 221 g/mol. The van der Waals surface area contributed by atoms with E-state index in [4.69, 9.17) is 0 Å². The minimum atomic E-state index is 0.0804. The molecule has 0 aliphatic carbocycles. The van der Waals surface area contributed by atoms with E-state index in [2.05, 4.69) is 42.8 Å². The standard InChI is InChI=1S/C13H23N3/c1-10-11(12-7-5-6-8-14-12)9-15-16(10)13(2,3)4/h9,12,14H,5-8H2,1-4H3. The van der Waals surface area contributed by atoms with E-state index >= 15 is 0 Å². The zero-order chi connectivity index (χ0) is 11.8. The molecule has 1 aromatic rings. The Kier molecular flexibility index (Phi) is 3.06. The van der Waals surface area contributed by atoms with Crippen LogP contribution in [0.1, 0.15) is 57.3 Å². The van der Waals surface area contributed by atoms with Crippen LogP contribution in [0.25, 0.3) is 0 Å². The zero-order valence-electron chi connectivity index (χ0n) is 10.9. The van der Waals surface area contributed by atoms with Crippen LogP contribution in [0.15, 0.2) is 6.20 Å². The Morgan fingerprint density at radius 3 is 2.62 bits per heavy atom. The molecule has 1 saturated heterocycles. The first-order chi connectivity index (χ1) is 7.50. The Bertz CT molecular complexity index is 354. The molecule has 1 fully saturated rings. The molecule has 3 nitrogen and oxygen atoms in total. The largest absolute Gasteiger partial charge is 0.310 e. The van der Waals surface area contributed by atoms with Crippen LogP contribution in [-0.2, 0) is 5.54 Å². The quantitative estimate of drug-likeness (QED) is 0.790. The first kappa shape index (κ1) is 11.6. The van der Waals surface area contributed by atoms with Crippen LogP contribution in [0.5, 0.6) is 0 Å².